The van der Waals surface area contributed by atoms with E-state index in [1.54, 1.807) is 12.1 Å². The van der Waals surface area contributed by atoms with Gasteiger partial charge in [-0.1, -0.05) is 52.6 Å². The van der Waals surface area contributed by atoms with Crippen molar-refractivity contribution >= 4 is 22.5 Å². The number of halogens is 2. The van der Waals surface area contributed by atoms with E-state index >= 15 is 0 Å². The number of fused-ring (bicyclic) bond motifs is 1. The molecular formula is C25H40ClFN2O. The van der Waals surface area contributed by atoms with Crippen LogP contribution in [0.4, 0.5) is 4.39 Å². The summed E-state index contributed by atoms with van der Waals surface area (Å²) in [6, 6.07) is 3.40. The first kappa shape index (κ1) is 25.2. The number of benzene rings is 1. The summed E-state index contributed by atoms with van der Waals surface area (Å²) in [6.45, 7) is 15.9. The van der Waals surface area contributed by atoms with Crippen molar-refractivity contribution in [2.45, 2.75) is 85.8 Å². The Morgan fingerprint density at radius 1 is 1.23 bits per heavy atom. The molecule has 3 nitrogen and oxygen atoms in total. The van der Waals surface area contributed by atoms with Gasteiger partial charge in [0.2, 0.25) is 0 Å². The van der Waals surface area contributed by atoms with E-state index in [0.29, 0.717) is 12.5 Å². The summed E-state index contributed by atoms with van der Waals surface area (Å²) in [7, 11) is 0. The highest BCUT2D eigenvalue weighted by Gasteiger charge is 2.31. The van der Waals surface area contributed by atoms with Crippen LogP contribution in [0.1, 0.15) is 72.1 Å². The zero-order valence-electron chi connectivity index (χ0n) is 19.7. The lowest BCUT2D eigenvalue weighted by Gasteiger charge is -2.21. The predicted octanol–water partition coefficient (Wildman–Crippen LogP) is 6.46. The maximum atomic E-state index is 14.3. The number of β-amino-alcohol motifs (C(OH)–C–C–N with tert-alkyl or cyclic N) is 1. The van der Waals surface area contributed by atoms with Crippen molar-refractivity contribution in [3.63, 3.8) is 0 Å². The van der Waals surface area contributed by atoms with Gasteiger partial charge in [0.15, 0.2) is 0 Å². The van der Waals surface area contributed by atoms with Crippen LogP contribution in [-0.2, 0) is 19.4 Å². The van der Waals surface area contributed by atoms with Gasteiger partial charge in [-0.05, 0) is 56.2 Å². The van der Waals surface area contributed by atoms with E-state index in [1.807, 2.05) is 20.8 Å². The molecule has 5 heteroatoms. The minimum Gasteiger partial charge on any atom is -0.389 e. The molecule has 2 aromatic rings. The molecule has 0 saturated carbocycles. The Morgan fingerprint density at radius 2 is 1.93 bits per heavy atom. The topological polar surface area (TPSA) is 28.4 Å². The molecule has 0 spiro atoms. The smallest absolute Gasteiger partial charge is 0.143 e. The Bertz CT molecular complexity index is 830. The van der Waals surface area contributed by atoms with E-state index in [1.165, 1.54) is 17.7 Å². The van der Waals surface area contributed by atoms with Crippen LogP contribution in [0.2, 0.25) is 5.02 Å². The third kappa shape index (κ3) is 5.77. The highest BCUT2D eigenvalue weighted by atomic mass is 35.5. The zero-order valence-corrected chi connectivity index (χ0v) is 20.4. The van der Waals surface area contributed by atoms with Crippen molar-refractivity contribution < 1.29 is 9.50 Å². The Labute approximate surface area is 187 Å². The fourth-order valence-corrected chi connectivity index (χ4v) is 4.62. The summed E-state index contributed by atoms with van der Waals surface area (Å²) >= 11 is 6.12. The van der Waals surface area contributed by atoms with Crippen LogP contribution >= 0.6 is 11.6 Å². The van der Waals surface area contributed by atoms with Gasteiger partial charge in [-0.15, -0.1) is 0 Å². The molecule has 30 heavy (non-hydrogen) atoms. The molecule has 1 aromatic carbocycles. The van der Waals surface area contributed by atoms with Crippen molar-refractivity contribution in [3.8, 4) is 0 Å². The SMILES string of the molecule is CC.CCc1c(CCC(C)CC)n(CCN2CCC(C)(O)C2)c2cc(F)c(Cl)cc12. The summed E-state index contributed by atoms with van der Waals surface area (Å²) in [6.07, 6.45) is 5.04. The van der Waals surface area contributed by atoms with Gasteiger partial charge in [0, 0.05) is 37.3 Å². The first-order valence-electron chi connectivity index (χ1n) is 11.7. The zero-order chi connectivity index (χ0) is 22.5. The second kappa shape index (κ2) is 11.0. The standard InChI is InChI=1S/C23H34ClFN2O.C2H6/c1-5-16(3)7-8-21-17(6-2)18-13-19(24)20(25)14-22(18)27(21)12-11-26-10-9-23(4,28)15-26;1-2/h13-14,16,28H,5-12,15H2,1-4H3;1-2H3. The Balaban J connectivity index is 0.00000155. The van der Waals surface area contributed by atoms with Crippen molar-refractivity contribution in [1.29, 1.82) is 0 Å². The van der Waals surface area contributed by atoms with E-state index in [0.717, 1.165) is 56.2 Å². The molecule has 0 amide bonds. The minimum absolute atomic E-state index is 0.198. The van der Waals surface area contributed by atoms with Gasteiger partial charge in [-0.25, -0.2) is 4.39 Å². The number of likely N-dealkylation sites (tertiary alicyclic amines) is 1. The minimum atomic E-state index is -0.591. The van der Waals surface area contributed by atoms with Gasteiger partial charge < -0.3 is 9.67 Å². The maximum absolute atomic E-state index is 14.3. The van der Waals surface area contributed by atoms with Gasteiger partial charge in [-0.3, -0.25) is 4.90 Å². The molecule has 0 radical (unpaired) electrons. The molecule has 2 unspecified atom stereocenters. The van der Waals surface area contributed by atoms with Crippen LogP contribution in [0.3, 0.4) is 0 Å². The molecule has 1 saturated heterocycles. The molecule has 1 aliphatic heterocycles. The Hall–Kier alpha value is -1.10. The van der Waals surface area contributed by atoms with E-state index in [-0.39, 0.29) is 10.8 Å². The third-order valence-corrected chi connectivity index (χ3v) is 6.71. The summed E-state index contributed by atoms with van der Waals surface area (Å²) in [5.41, 5.74) is 2.98. The molecule has 1 aromatic heterocycles. The first-order valence-corrected chi connectivity index (χ1v) is 12.1. The van der Waals surface area contributed by atoms with Crippen molar-refractivity contribution in [3.05, 3.63) is 34.2 Å². The number of rotatable bonds is 8. The largest absolute Gasteiger partial charge is 0.389 e. The van der Waals surface area contributed by atoms with Crippen LogP contribution in [0.25, 0.3) is 10.9 Å². The lowest BCUT2D eigenvalue weighted by atomic mass is 9.98. The van der Waals surface area contributed by atoms with Crippen molar-refractivity contribution in [2.75, 3.05) is 19.6 Å². The number of nitrogens with zero attached hydrogens (tertiary/aromatic N) is 2. The summed E-state index contributed by atoms with van der Waals surface area (Å²) in [4.78, 5) is 2.31. The van der Waals surface area contributed by atoms with Crippen molar-refractivity contribution in [1.82, 2.24) is 9.47 Å². The molecule has 1 aliphatic rings. The molecule has 1 N–H and O–H groups in total. The lowest BCUT2D eigenvalue weighted by molar-refractivity contribution is 0.0684. The highest BCUT2D eigenvalue weighted by molar-refractivity contribution is 6.31. The normalized spacial score (nSPS) is 20.4. The average Bonchev–Trinajstić information content (AvgIpc) is 3.22. The van der Waals surface area contributed by atoms with Crippen LogP contribution in [0, 0.1) is 11.7 Å². The second-order valence-electron chi connectivity index (χ2n) is 8.79. The molecule has 1 fully saturated rings. The molecular weight excluding hydrogens is 399 g/mol. The van der Waals surface area contributed by atoms with Crippen LogP contribution < -0.4 is 0 Å². The molecule has 170 valence electrons. The molecule has 2 atom stereocenters. The second-order valence-corrected chi connectivity index (χ2v) is 9.20. The first-order chi connectivity index (χ1) is 14.3. The van der Waals surface area contributed by atoms with Crippen LogP contribution in [0.15, 0.2) is 12.1 Å². The Morgan fingerprint density at radius 3 is 2.50 bits per heavy atom. The molecule has 2 heterocycles. The third-order valence-electron chi connectivity index (χ3n) is 6.42. The molecule has 0 aliphatic carbocycles. The lowest BCUT2D eigenvalue weighted by Crippen LogP contribution is -2.31. The molecule has 3 rings (SSSR count). The number of aryl methyl sites for hydroxylation is 1. The van der Waals surface area contributed by atoms with Crippen molar-refractivity contribution in [2.24, 2.45) is 5.92 Å². The maximum Gasteiger partial charge on any atom is 0.143 e. The van der Waals surface area contributed by atoms with Crippen LogP contribution in [-0.4, -0.2) is 39.8 Å². The summed E-state index contributed by atoms with van der Waals surface area (Å²) < 4.78 is 16.6. The number of aromatic nitrogens is 1. The predicted molar refractivity (Wildman–Crippen MR) is 127 cm³/mol. The number of aliphatic hydroxyl groups is 1. The fourth-order valence-electron chi connectivity index (χ4n) is 4.46. The summed E-state index contributed by atoms with van der Waals surface area (Å²) in [5.74, 6) is 0.318. The summed E-state index contributed by atoms with van der Waals surface area (Å²) in [5, 5.41) is 11.5. The van der Waals surface area contributed by atoms with Crippen LogP contribution in [0.5, 0.6) is 0 Å². The van der Waals surface area contributed by atoms with Gasteiger partial charge >= 0.3 is 0 Å². The van der Waals surface area contributed by atoms with Gasteiger partial charge in [0.05, 0.1) is 16.1 Å². The number of hydrogen-bond donors (Lipinski definition) is 1. The number of hydrogen-bond acceptors (Lipinski definition) is 2. The molecule has 0 bridgehead atoms. The average molecular weight is 439 g/mol. The van der Waals surface area contributed by atoms with E-state index in [2.05, 4.69) is 30.2 Å². The highest BCUT2D eigenvalue weighted by Crippen LogP contribution is 2.33. The van der Waals surface area contributed by atoms with Gasteiger partial charge in [0.1, 0.15) is 5.82 Å². The van der Waals surface area contributed by atoms with E-state index in [9.17, 15) is 9.50 Å². The van der Waals surface area contributed by atoms with E-state index < -0.39 is 5.60 Å². The monoisotopic (exact) mass is 438 g/mol. The van der Waals surface area contributed by atoms with Gasteiger partial charge in [0.25, 0.3) is 0 Å². The van der Waals surface area contributed by atoms with E-state index in [4.69, 9.17) is 11.6 Å². The quantitative estimate of drug-likeness (QED) is 0.512. The van der Waals surface area contributed by atoms with Gasteiger partial charge in [-0.2, -0.15) is 0 Å². The fraction of sp³-hybridized carbons (Fsp3) is 0.680. The Kier molecular flexibility index (Phi) is 9.20.